The Labute approximate surface area is 161 Å². The first-order valence-electron chi connectivity index (χ1n) is 8.14. The van der Waals surface area contributed by atoms with Crippen molar-refractivity contribution in [1.29, 1.82) is 0 Å². The third-order valence-electron chi connectivity index (χ3n) is 4.14. The van der Waals surface area contributed by atoms with Crippen molar-refractivity contribution < 1.29 is 14.3 Å². The van der Waals surface area contributed by atoms with Crippen LogP contribution < -0.4 is 15.0 Å². The van der Waals surface area contributed by atoms with E-state index in [9.17, 15) is 9.59 Å². The standard InChI is InChI=1S/C19H18Cl2N2O3/c1-11-3-5-13(6-4-11)26-10-9-23-18-15(21)8-7-14(20)16(18)17(19(23)25)22-12(2)24/h3-8,17H,9-10H2,1-2H3,(H,22,24)/t17-/m0/s1. The van der Waals surface area contributed by atoms with Gasteiger partial charge in [-0.3, -0.25) is 9.59 Å². The van der Waals surface area contributed by atoms with Crippen LogP contribution in [-0.4, -0.2) is 25.0 Å². The summed E-state index contributed by atoms with van der Waals surface area (Å²) in [5.41, 5.74) is 2.19. The molecule has 136 valence electrons. The number of rotatable bonds is 5. The number of aryl methyl sites for hydroxylation is 1. The molecule has 0 aromatic heterocycles. The van der Waals surface area contributed by atoms with Crippen molar-refractivity contribution in [3.63, 3.8) is 0 Å². The van der Waals surface area contributed by atoms with Gasteiger partial charge in [-0.2, -0.15) is 0 Å². The lowest BCUT2D eigenvalue weighted by molar-refractivity contribution is -0.126. The average molecular weight is 393 g/mol. The van der Waals surface area contributed by atoms with Crippen LogP contribution >= 0.6 is 23.2 Å². The fourth-order valence-electron chi connectivity index (χ4n) is 2.94. The summed E-state index contributed by atoms with van der Waals surface area (Å²) in [6.45, 7) is 3.92. The zero-order chi connectivity index (χ0) is 18.8. The fourth-order valence-corrected chi connectivity index (χ4v) is 3.47. The number of nitrogens with one attached hydrogen (secondary N) is 1. The molecule has 0 bridgehead atoms. The molecule has 1 N–H and O–H groups in total. The van der Waals surface area contributed by atoms with E-state index in [4.69, 9.17) is 27.9 Å². The summed E-state index contributed by atoms with van der Waals surface area (Å²) >= 11 is 12.6. The minimum atomic E-state index is -0.840. The zero-order valence-corrected chi connectivity index (χ0v) is 15.9. The third-order valence-corrected chi connectivity index (χ3v) is 4.77. The van der Waals surface area contributed by atoms with Crippen LogP contribution in [0, 0.1) is 6.92 Å². The maximum Gasteiger partial charge on any atom is 0.254 e. The predicted molar refractivity (Wildman–Crippen MR) is 102 cm³/mol. The molecule has 26 heavy (non-hydrogen) atoms. The average Bonchev–Trinajstić information content (AvgIpc) is 2.86. The van der Waals surface area contributed by atoms with Gasteiger partial charge in [0.2, 0.25) is 5.91 Å². The van der Waals surface area contributed by atoms with Gasteiger partial charge in [-0.25, -0.2) is 0 Å². The normalized spacial score (nSPS) is 15.8. The number of carbonyl (C=O) groups excluding carboxylic acids is 2. The lowest BCUT2D eigenvalue weighted by Gasteiger charge is -2.19. The molecular formula is C19H18Cl2N2O3. The zero-order valence-electron chi connectivity index (χ0n) is 14.4. The number of ether oxygens (including phenoxy) is 1. The molecule has 1 aliphatic rings. The van der Waals surface area contributed by atoms with E-state index >= 15 is 0 Å². The molecule has 0 saturated heterocycles. The molecule has 5 nitrogen and oxygen atoms in total. The molecule has 2 aromatic carbocycles. The van der Waals surface area contributed by atoms with Gasteiger partial charge in [-0.1, -0.05) is 40.9 Å². The number of nitrogens with zero attached hydrogens (tertiary/aromatic N) is 1. The number of hydrogen-bond donors (Lipinski definition) is 1. The molecule has 2 amide bonds. The molecule has 0 aliphatic carbocycles. The summed E-state index contributed by atoms with van der Waals surface area (Å²) in [4.78, 5) is 25.8. The van der Waals surface area contributed by atoms with Gasteiger partial charge in [0, 0.05) is 17.5 Å². The van der Waals surface area contributed by atoms with Gasteiger partial charge in [-0.05, 0) is 31.2 Å². The van der Waals surface area contributed by atoms with Gasteiger partial charge in [-0.15, -0.1) is 0 Å². The highest BCUT2D eigenvalue weighted by Gasteiger charge is 2.40. The molecule has 0 radical (unpaired) electrons. The van der Waals surface area contributed by atoms with Gasteiger partial charge >= 0.3 is 0 Å². The molecule has 1 atom stereocenters. The van der Waals surface area contributed by atoms with E-state index in [2.05, 4.69) is 5.32 Å². The summed E-state index contributed by atoms with van der Waals surface area (Å²) in [5, 5.41) is 3.44. The monoisotopic (exact) mass is 392 g/mol. The van der Waals surface area contributed by atoms with E-state index in [1.807, 2.05) is 31.2 Å². The van der Waals surface area contributed by atoms with Gasteiger partial charge in [0.05, 0.1) is 17.3 Å². The van der Waals surface area contributed by atoms with Crippen LogP contribution in [0.25, 0.3) is 0 Å². The summed E-state index contributed by atoms with van der Waals surface area (Å²) in [6, 6.07) is 10.1. The predicted octanol–water partition coefficient (Wildman–Crippen LogP) is 3.90. The van der Waals surface area contributed by atoms with E-state index in [0.717, 1.165) is 11.3 Å². The first-order valence-corrected chi connectivity index (χ1v) is 8.90. The van der Waals surface area contributed by atoms with Crippen LogP contribution in [0.2, 0.25) is 10.0 Å². The van der Waals surface area contributed by atoms with E-state index in [-0.39, 0.29) is 25.0 Å². The second-order valence-corrected chi connectivity index (χ2v) is 6.89. The summed E-state index contributed by atoms with van der Waals surface area (Å²) < 4.78 is 5.72. The van der Waals surface area contributed by atoms with Gasteiger partial charge in [0.25, 0.3) is 5.91 Å². The van der Waals surface area contributed by atoms with Gasteiger partial charge in [0.15, 0.2) is 0 Å². The van der Waals surface area contributed by atoms with E-state index in [1.165, 1.54) is 11.8 Å². The first-order chi connectivity index (χ1) is 12.4. The van der Waals surface area contributed by atoms with Crippen molar-refractivity contribution in [3.8, 4) is 5.75 Å². The molecule has 0 saturated carbocycles. The molecule has 0 fully saturated rings. The summed E-state index contributed by atoms with van der Waals surface area (Å²) in [7, 11) is 0. The van der Waals surface area contributed by atoms with Crippen LogP contribution in [0.1, 0.15) is 24.1 Å². The SMILES string of the molecule is CC(=O)N[C@@H]1C(=O)N(CCOc2ccc(C)cc2)c2c(Cl)ccc(Cl)c21. The van der Waals surface area contributed by atoms with Crippen LogP contribution in [0.3, 0.4) is 0 Å². The van der Waals surface area contributed by atoms with E-state index < -0.39 is 6.04 Å². The number of benzene rings is 2. The molecular weight excluding hydrogens is 375 g/mol. The van der Waals surface area contributed by atoms with E-state index in [0.29, 0.717) is 21.3 Å². The highest BCUT2D eigenvalue weighted by atomic mass is 35.5. The molecule has 3 rings (SSSR count). The largest absolute Gasteiger partial charge is 0.492 e. The molecule has 0 unspecified atom stereocenters. The Balaban J connectivity index is 1.81. The van der Waals surface area contributed by atoms with Crippen LogP contribution in [-0.2, 0) is 9.59 Å². The van der Waals surface area contributed by atoms with Crippen molar-refractivity contribution >= 4 is 40.7 Å². The highest BCUT2D eigenvalue weighted by Crippen LogP contribution is 2.44. The Morgan fingerprint density at radius 2 is 1.81 bits per heavy atom. The number of carbonyl (C=O) groups is 2. The van der Waals surface area contributed by atoms with Gasteiger partial charge < -0.3 is 15.0 Å². The number of amides is 2. The molecule has 0 spiro atoms. The third kappa shape index (κ3) is 3.64. The molecule has 2 aromatic rings. The number of anilines is 1. The Hall–Kier alpha value is -2.24. The molecule has 1 aliphatic heterocycles. The number of halogens is 2. The van der Waals surface area contributed by atoms with Crippen molar-refractivity contribution in [2.45, 2.75) is 19.9 Å². The van der Waals surface area contributed by atoms with Crippen molar-refractivity contribution in [2.75, 3.05) is 18.1 Å². The Bertz CT molecular complexity index is 853. The smallest absolute Gasteiger partial charge is 0.254 e. The summed E-state index contributed by atoms with van der Waals surface area (Å²) in [6.07, 6.45) is 0. The quantitative estimate of drug-likeness (QED) is 0.838. The summed E-state index contributed by atoms with van der Waals surface area (Å²) in [5.74, 6) is 0.124. The van der Waals surface area contributed by atoms with Crippen molar-refractivity contribution in [2.24, 2.45) is 0 Å². The lowest BCUT2D eigenvalue weighted by atomic mass is 10.1. The molecule has 7 heteroatoms. The van der Waals surface area contributed by atoms with Crippen molar-refractivity contribution in [1.82, 2.24) is 5.32 Å². The van der Waals surface area contributed by atoms with Gasteiger partial charge in [0.1, 0.15) is 18.4 Å². The molecule has 1 heterocycles. The topological polar surface area (TPSA) is 58.6 Å². The maximum absolute atomic E-state index is 12.8. The minimum Gasteiger partial charge on any atom is -0.492 e. The fraction of sp³-hybridized carbons (Fsp3) is 0.263. The number of hydrogen-bond acceptors (Lipinski definition) is 3. The Kier molecular flexibility index (Phi) is 5.39. The van der Waals surface area contributed by atoms with Crippen LogP contribution in [0.4, 0.5) is 5.69 Å². The Morgan fingerprint density at radius 1 is 1.15 bits per heavy atom. The van der Waals surface area contributed by atoms with Crippen LogP contribution in [0.5, 0.6) is 5.75 Å². The maximum atomic E-state index is 12.8. The second-order valence-electron chi connectivity index (χ2n) is 6.08. The minimum absolute atomic E-state index is 0.280. The van der Waals surface area contributed by atoms with E-state index in [1.54, 1.807) is 12.1 Å². The first kappa shape index (κ1) is 18.5. The van der Waals surface area contributed by atoms with Crippen molar-refractivity contribution in [3.05, 3.63) is 57.6 Å². The lowest BCUT2D eigenvalue weighted by Crippen LogP contribution is -2.38. The highest BCUT2D eigenvalue weighted by molar-refractivity contribution is 6.38. The second kappa shape index (κ2) is 7.56. The number of fused-ring (bicyclic) bond motifs is 1. The van der Waals surface area contributed by atoms with Crippen LogP contribution in [0.15, 0.2) is 36.4 Å². The Morgan fingerprint density at radius 3 is 2.46 bits per heavy atom.